The van der Waals surface area contributed by atoms with Crippen LogP contribution in [0.15, 0.2) is 40.5 Å². The van der Waals surface area contributed by atoms with Crippen molar-refractivity contribution in [2.45, 2.75) is 57.7 Å². The van der Waals surface area contributed by atoms with Crippen LogP contribution in [0.3, 0.4) is 0 Å². The van der Waals surface area contributed by atoms with Crippen molar-refractivity contribution in [3.05, 3.63) is 41.5 Å². The van der Waals surface area contributed by atoms with Gasteiger partial charge in [-0.1, -0.05) is 56.3 Å². The van der Waals surface area contributed by atoms with Crippen LogP contribution in [0.4, 0.5) is 13.2 Å². The molecule has 0 amide bonds. The first kappa shape index (κ1) is 26.2. The highest BCUT2D eigenvalue weighted by Gasteiger charge is 2.35. The first-order valence-corrected chi connectivity index (χ1v) is 11.0. The normalized spacial score (nSPS) is 16.6. The molecule has 0 unspecified atom stereocenters. The molecule has 3 N–H and O–H groups in total. The van der Waals surface area contributed by atoms with Crippen LogP contribution in [0.5, 0.6) is 5.75 Å². The summed E-state index contributed by atoms with van der Waals surface area (Å²) in [5, 5.41) is 11.4. The topological polar surface area (TPSA) is 96.3 Å². The molecule has 0 fully saturated rings. The van der Waals surface area contributed by atoms with Gasteiger partial charge in [0.1, 0.15) is 12.9 Å². The number of benzene rings is 1. The van der Waals surface area contributed by atoms with Gasteiger partial charge in [-0.3, -0.25) is 5.41 Å². The SMILES string of the molecule is CCCCCCCCOc1ccc(/C(N=C[C@@H]2C=CCN2C(=N)N)=N/OC)cc1C(F)(F)F. The minimum absolute atomic E-state index is 0.0331. The van der Waals surface area contributed by atoms with Gasteiger partial charge in [0.05, 0.1) is 18.2 Å². The molecule has 0 saturated carbocycles. The number of hydrogen-bond donors (Lipinski definition) is 2. The number of aliphatic imine (C=N–C) groups is 1. The van der Waals surface area contributed by atoms with Crippen LogP contribution in [-0.4, -0.2) is 49.2 Å². The molecule has 0 spiro atoms. The molecule has 182 valence electrons. The minimum Gasteiger partial charge on any atom is -0.493 e. The molecule has 0 bridgehead atoms. The summed E-state index contributed by atoms with van der Waals surface area (Å²) in [5.41, 5.74) is 4.78. The molecule has 1 aliphatic rings. The Morgan fingerprint density at radius 2 is 1.97 bits per heavy atom. The highest BCUT2D eigenvalue weighted by Crippen LogP contribution is 2.37. The number of nitrogens with zero attached hydrogens (tertiary/aromatic N) is 3. The van der Waals surface area contributed by atoms with Crippen molar-refractivity contribution >= 4 is 18.0 Å². The smallest absolute Gasteiger partial charge is 0.419 e. The van der Waals surface area contributed by atoms with Gasteiger partial charge in [-0.2, -0.15) is 13.2 Å². The van der Waals surface area contributed by atoms with E-state index in [1.54, 1.807) is 11.0 Å². The second kappa shape index (κ2) is 12.9. The molecule has 2 rings (SSSR count). The standard InChI is InChI=1S/C23H32F3N5O2/c1-3-4-5-6-7-8-14-33-20-12-11-17(15-19(20)23(24,25)26)21(30-32-2)29-16-18-10-9-13-31(18)22(27)28/h9-12,15-16,18H,3-8,13-14H2,1-2H3,(H3,27,28)/b29-16?,30-21-/t18-/m0/s1. The Hall–Kier alpha value is -3.04. The fourth-order valence-corrected chi connectivity index (χ4v) is 3.39. The van der Waals surface area contributed by atoms with Crippen LogP contribution in [0.1, 0.15) is 56.6 Å². The third kappa shape index (κ3) is 8.11. The number of nitrogens with two attached hydrogens (primary N) is 1. The van der Waals surface area contributed by atoms with Gasteiger partial charge < -0.3 is 20.2 Å². The quantitative estimate of drug-likeness (QED) is 0.158. The Morgan fingerprint density at radius 3 is 2.64 bits per heavy atom. The highest BCUT2D eigenvalue weighted by atomic mass is 19.4. The fourth-order valence-electron chi connectivity index (χ4n) is 3.39. The van der Waals surface area contributed by atoms with Crippen LogP contribution in [0.25, 0.3) is 0 Å². The van der Waals surface area contributed by atoms with Gasteiger partial charge in [-0.05, 0) is 24.6 Å². The lowest BCUT2D eigenvalue weighted by Gasteiger charge is -2.21. The van der Waals surface area contributed by atoms with Gasteiger partial charge in [0, 0.05) is 18.3 Å². The average Bonchev–Trinajstić information content (AvgIpc) is 3.24. The summed E-state index contributed by atoms with van der Waals surface area (Å²) in [6.07, 6.45) is 6.57. The molecule has 0 aliphatic carbocycles. The lowest BCUT2D eigenvalue weighted by atomic mass is 10.1. The maximum atomic E-state index is 13.7. The minimum atomic E-state index is -4.60. The lowest BCUT2D eigenvalue weighted by Crippen LogP contribution is -2.41. The van der Waals surface area contributed by atoms with Crippen molar-refractivity contribution in [2.24, 2.45) is 15.9 Å². The summed E-state index contributed by atoms with van der Waals surface area (Å²) in [6, 6.07) is 3.31. The Balaban J connectivity index is 2.15. The second-order valence-corrected chi connectivity index (χ2v) is 7.66. The molecule has 1 aliphatic heterocycles. The van der Waals surface area contributed by atoms with Crippen molar-refractivity contribution in [1.82, 2.24) is 4.90 Å². The van der Waals surface area contributed by atoms with Crippen LogP contribution in [0.2, 0.25) is 0 Å². The largest absolute Gasteiger partial charge is 0.493 e. The van der Waals surface area contributed by atoms with E-state index in [2.05, 4.69) is 17.1 Å². The molecule has 1 aromatic carbocycles. The Bertz CT molecular complexity index is 868. The summed E-state index contributed by atoms with van der Waals surface area (Å²) in [4.78, 5) is 10.6. The van der Waals surface area contributed by atoms with E-state index in [4.69, 9.17) is 20.7 Å². The van der Waals surface area contributed by atoms with Crippen molar-refractivity contribution in [3.8, 4) is 5.75 Å². The maximum Gasteiger partial charge on any atom is 0.419 e. The molecule has 0 saturated heterocycles. The summed E-state index contributed by atoms with van der Waals surface area (Å²) >= 11 is 0. The first-order valence-electron chi connectivity index (χ1n) is 11.0. The Morgan fingerprint density at radius 1 is 1.24 bits per heavy atom. The molecule has 10 heteroatoms. The van der Waals surface area contributed by atoms with E-state index in [9.17, 15) is 13.2 Å². The maximum absolute atomic E-state index is 13.7. The van der Waals surface area contributed by atoms with Crippen molar-refractivity contribution in [3.63, 3.8) is 0 Å². The fraction of sp³-hybridized carbons (Fsp3) is 0.522. The Labute approximate surface area is 192 Å². The number of guanidine groups is 1. The Kier molecular flexibility index (Phi) is 10.2. The zero-order valence-electron chi connectivity index (χ0n) is 19.1. The van der Waals surface area contributed by atoms with E-state index in [0.717, 1.165) is 38.2 Å². The van der Waals surface area contributed by atoms with E-state index in [1.165, 1.54) is 25.5 Å². The third-order valence-electron chi connectivity index (χ3n) is 5.13. The van der Waals surface area contributed by atoms with Crippen LogP contribution >= 0.6 is 0 Å². The number of ether oxygens (including phenoxy) is 1. The van der Waals surface area contributed by atoms with Gasteiger partial charge in [-0.15, -0.1) is 0 Å². The predicted molar refractivity (Wildman–Crippen MR) is 124 cm³/mol. The second-order valence-electron chi connectivity index (χ2n) is 7.66. The van der Waals surface area contributed by atoms with E-state index in [1.807, 2.05) is 6.08 Å². The van der Waals surface area contributed by atoms with E-state index < -0.39 is 17.8 Å². The van der Waals surface area contributed by atoms with Gasteiger partial charge in [-0.25, -0.2) is 4.99 Å². The number of oxime groups is 1. The zero-order chi connectivity index (χ0) is 24.3. The number of unbranched alkanes of at least 4 members (excludes halogenated alkanes) is 5. The number of nitrogens with one attached hydrogen (secondary N) is 1. The van der Waals surface area contributed by atoms with E-state index in [0.29, 0.717) is 13.0 Å². The third-order valence-corrected chi connectivity index (χ3v) is 5.13. The number of alkyl halides is 3. The van der Waals surface area contributed by atoms with Gasteiger partial charge in [0.15, 0.2) is 11.8 Å². The van der Waals surface area contributed by atoms with Crippen molar-refractivity contribution < 1.29 is 22.7 Å². The lowest BCUT2D eigenvalue weighted by molar-refractivity contribution is -0.139. The van der Waals surface area contributed by atoms with Crippen LogP contribution in [-0.2, 0) is 11.0 Å². The molecule has 33 heavy (non-hydrogen) atoms. The number of hydrogen-bond acceptors (Lipinski definition) is 4. The monoisotopic (exact) mass is 467 g/mol. The van der Waals surface area contributed by atoms with Gasteiger partial charge >= 0.3 is 6.18 Å². The van der Waals surface area contributed by atoms with Crippen molar-refractivity contribution in [2.75, 3.05) is 20.3 Å². The van der Waals surface area contributed by atoms with Crippen LogP contribution in [0, 0.1) is 5.41 Å². The number of rotatable bonds is 11. The first-order chi connectivity index (χ1) is 15.8. The summed E-state index contributed by atoms with van der Waals surface area (Å²) in [5.74, 6) is -0.385. The van der Waals surface area contributed by atoms with Crippen LogP contribution < -0.4 is 10.5 Å². The molecule has 0 radical (unpaired) electrons. The molecule has 1 atom stereocenters. The summed E-state index contributed by atoms with van der Waals surface area (Å²) in [7, 11) is 1.29. The number of amidine groups is 1. The molecule has 0 aromatic heterocycles. The molecule has 7 nitrogen and oxygen atoms in total. The van der Waals surface area contributed by atoms with E-state index in [-0.39, 0.29) is 29.7 Å². The zero-order valence-corrected chi connectivity index (χ0v) is 19.1. The predicted octanol–water partition coefficient (Wildman–Crippen LogP) is 4.96. The summed E-state index contributed by atoms with van der Waals surface area (Å²) in [6.45, 7) is 2.80. The molecular formula is C23H32F3N5O2. The summed E-state index contributed by atoms with van der Waals surface area (Å²) < 4.78 is 46.6. The molecule has 1 aromatic rings. The highest BCUT2D eigenvalue weighted by molar-refractivity contribution is 6.04. The van der Waals surface area contributed by atoms with Crippen molar-refractivity contribution in [1.29, 1.82) is 5.41 Å². The molecule has 1 heterocycles. The average molecular weight is 468 g/mol. The van der Waals surface area contributed by atoms with E-state index >= 15 is 0 Å². The van der Waals surface area contributed by atoms with Gasteiger partial charge in [0.25, 0.3) is 0 Å². The number of halogens is 3. The molecular weight excluding hydrogens is 435 g/mol. The van der Waals surface area contributed by atoms with Gasteiger partial charge in [0.2, 0.25) is 0 Å².